The molecule has 0 atom stereocenters. The Morgan fingerprint density at radius 3 is 1.82 bits per heavy atom. The predicted molar refractivity (Wildman–Crippen MR) is 212 cm³/mol. The SMILES string of the molecule is c1ccc(-c2nc(-n3c4ccccc4c4cc5oc6ccccc6c5cc43)nc3c2[Si](c2ccccc2)(c2ccccc2)c2ccccc2-3)cc1. The van der Waals surface area contributed by atoms with Gasteiger partial charge >= 0.3 is 0 Å². The third-order valence-corrected chi connectivity index (χ3v) is 15.6. The lowest BCUT2D eigenvalue weighted by molar-refractivity contribution is 0.669. The molecule has 10 aromatic rings. The molecule has 0 unspecified atom stereocenters. The van der Waals surface area contributed by atoms with Crippen LogP contribution in [0, 0.1) is 0 Å². The number of aromatic nitrogens is 3. The van der Waals surface area contributed by atoms with Gasteiger partial charge in [-0.15, -0.1) is 0 Å². The fourth-order valence-corrected chi connectivity index (χ4v) is 13.8. The van der Waals surface area contributed by atoms with Gasteiger partial charge in [-0.25, -0.2) is 9.97 Å². The highest BCUT2D eigenvalue weighted by Gasteiger charge is 2.51. The van der Waals surface area contributed by atoms with Gasteiger partial charge in [-0.2, -0.15) is 0 Å². The summed E-state index contributed by atoms with van der Waals surface area (Å²) in [5, 5.41) is 9.65. The fraction of sp³-hybridized carbons (Fsp3) is 0. The van der Waals surface area contributed by atoms with Crippen LogP contribution < -0.4 is 20.7 Å². The van der Waals surface area contributed by atoms with Crippen molar-refractivity contribution in [3.8, 4) is 28.5 Å². The van der Waals surface area contributed by atoms with E-state index in [1.165, 1.54) is 26.3 Å². The second-order valence-electron chi connectivity index (χ2n) is 13.3. The summed E-state index contributed by atoms with van der Waals surface area (Å²) in [5.74, 6) is 0.659. The number of para-hydroxylation sites is 2. The molecule has 0 spiro atoms. The molecule has 0 bridgehead atoms. The van der Waals surface area contributed by atoms with Gasteiger partial charge in [0.2, 0.25) is 5.95 Å². The van der Waals surface area contributed by atoms with Gasteiger partial charge in [-0.1, -0.05) is 152 Å². The molecule has 1 aliphatic rings. The van der Waals surface area contributed by atoms with E-state index >= 15 is 0 Å². The van der Waals surface area contributed by atoms with Gasteiger partial charge in [-0.05, 0) is 39.8 Å². The topological polar surface area (TPSA) is 43.9 Å². The number of hydrogen-bond acceptors (Lipinski definition) is 3. The van der Waals surface area contributed by atoms with Gasteiger partial charge in [-0.3, -0.25) is 4.57 Å². The van der Waals surface area contributed by atoms with Crippen LogP contribution in [0.1, 0.15) is 0 Å². The molecule has 4 heterocycles. The Hall–Kier alpha value is -6.56. The van der Waals surface area contributed by atoms with Crippen LogP contribution in [0.15, 0.2) is 180 Å². The lowest BCUT2D eigenvalue weighted by Crippen LogP contribution is -2.73. The van der Waals surface area contributed by atoms with Crippen LogP contribution >= 0.6 is 0 Å². The smallest absolute Gasteiger partial charge is 0.235 e. The third kappa shape index (κ3) is 3.89. The molecule has 1 aliphatic heterocycles. The number of hydrogen-bond donors (Lipinski definition) is 0. The van der Waals surface area contributed by atoms with E-state index < -0.39 is 8.07 Å². The van der Waals surface area contributed by atoms with E-state index in [1.807, 2.05) is 12.1 Å². The molecule has 7 aromatic carbocycles. The van der Waals surface area contributed by atoms with Crippen LogP contribution in [0.4, 0.5) is 0 Å². The summed E-state index contributed by atoms with van der Waals surface area (Å²) < 4.78 is 8.63. The van der Waals surface area contributed by atoms with Crippen molar-refractivity contribution in [1.82, 2.24) is 14.5 Å². The third-order valence-electron chi connectivity index (χ3n) is 10.7. The Kier molecular flexibility index (Phi) is 5.95. The first kappa shape index (κ1) is 28.3. The number of rotatable bonds is 4. The second-order valence-corrected chi connectivity index (χ2v) is 17.0. The molecule has 51 heavy (non-hydrogen) atoms. The van der Waals surface area contributed by atoms with Crippen molar-refractivity contribution in [3.05, 3.63) is 176 Å². The van der Waals surface area contributed by atoms with Gasteiger partial charge in [0.05, 0.1) is 22.4 Å². The summed E-state index contributed by atoms with van der Waals surface area (Å²) in [6.45, 7) is 0. The van der Waals surface area contributed by atoms with E-state index in [4.69, 9.17) is 14.4 Å². The van der Waals surface area contributed by atoms with Gasteiger partial charge in [0.15, 0.2) is 8.07 Å². The van der Waals surface area contributed by atoms with E-state index in [9.17, 15) is 0 Å². The molecule has 0 N–H and O–H groups in total. The molecule has 3 aromatic heterocycles. The Bertz CT molecular complexity index is 2930. The highest BCUT2D eigenvalue weighted by atomic mass is 28.3. The van der Waals surface area contributed by atoms with Crippen molar-refractivity contribution < 1.29 is 4.42 Å². The molecule has 0 saturated carbocycles. The van der Waals surface area contributed by atoms with Crippen LogP contribution in [0.2, 0.25) is 0 Å². The largest absolute Gasteiger partial charge is 0.456 e. The van der Waals surface area contributed by atoms with Crippen LogP contribution in [0.25, 0.3) is 72.2 Å². The maximum atomic E-state index is 6.37. The summed E-state index contributed by atoms with van der Waals surface area (Å²) in [5.41, 5.74) is 8.12. The zero-order chi connectivity index (χ0) is 33.5. The monoisotopic (exact) mass is 667 g/mol. The minimum absolute atomic E-state index is 0.659. The number of furan rings is 1. The average molecular weight is 668 g/mol. The lowest BCUT2D eigenvalue weighted by Gasteiger charge is -2.32. The van der Waals surface area contributed by atoms with E-state index in [0.717, 1.165) is 60.7 Å². The van der Waals surface area contributed by atoms with Crippen molar-refractivity contribution in [2.24, 2.45) is 0 Å². The minimum atomic E-state index is -2.87. The number of benzene rings is 7. The maximum Gasteiger partial charge on any atom is 0.235 e. The highest BCUT2D eigenvalue weighted by molar-refractivity contribution is 7.22. The van der Waals surface area contributed by atoms with Gasteiger partial charge < -0.3 is 4.42 Å². The van der Waals surface area contributed by atoms with Crippen LogP contribution in [-0.4, -0.2) is 22.6 Å². The fourth-order valence-electron chi connectivity index (χ4n) is 8.60. The number of fused-ring (bicyclic) bond motifs is 9. The molecule has 11 rings (SSSR count). The average Bonchev–Trinajstić information content (AvgIpc) is 3.83. The minimum Gasteiger partial charge on any atom is -0.456 e. The van der Waals surface area contributed by atoms with E-state index in [1.54, 1.807) is 0 Å². The maximum absolute atomic E-state index is 6.37. The molecular formula is C46H29N3OSi. The first-order valence-corrected chi connectivity index (χ1v) is 19.3. The molecule has 0 fully saturated rings. The summed E-state index contributed by atoms with van der Waals surface area (Å²) in [7, 11) is -2.87. The Balaban J connectivity index is 1.31. The summed E-state index contributed by atoms with van der Waals surface area (Å²) in [6, 6.07) is 63.0. The first-order chi connectivity index (χ1) is 25.3. The molecule has 238 valence electrons. The van der Waals surface area contributed by atoms with Crippen molar-refractivity contribution in [2.45, 2.75) is 0 Å². The second kappa shape index (κ2) is 10.7. The van der Waals surface area contributed by atoms with Gasteiger partial charge in [0, 0.05) is 37.9 Å². The van der Waals surface area contributed by atoms with E-state index in [0.29, 0.717) is 5.95 Å². The summed E-state index contributed by atoms with van der Waals surface area (Å²) in [4.78, 5) is 11.3. The molecule has 5 heteroatoms. The summed E-state index contributed by atoms with van der Waals surface area (Å²) in [6.07, 6.45) is 0. The summed E-state index contributed by atoms with van der Waals surface area (Å²) >= 11 is 0. The predicted octanol–water partition coefficient (Wildman–Crippen LogP) is 8.50. The quantitative estimate of drug-likeness (QED) is 0.177. The molecular weight excluding hydrogens is 639 g/mol. The van der Waals surface area contributed by atoms with E-state index in [-0.39, 0.29) is 0 Å². The Morgan fingerprint density at radius 1 is 0.451 bits per heavy atom. The van der Waals surface area contributed by atoms with Crippen LogP contribution in [-0.2, 0) is 0 Å². The van der Waals surface area contributed by atoms with Crippen molar-refractivity contribution >= 4 is 72.6 Å². The lowest BCUT2D eigenvalue weighted by atomic mass is 10.1. The van der Waals surface area contributed by atoms with Crippen molar-refractivity contribution in [1.29, 1.82) is 0 Å². The van der Waals surface area contributed by atoms with E-state index in [2.05, 4.69) is 168 Å². The Morgan fingerprint density at radius 2 is 1.06 bits per heavy atom. The molecule has 0 amide bonds. The normalized spacial score (nSPS) is 13.3. The standard InChI is InChI=1S/C46H29N3OSi/c1-4-16-30(17-5-1)43-45-44(35-24-12-15-27-42(35)51(45,31-18-6-2-7-19-31)32-20-8-3-9-21-32)48-46(47-43)49-38-25-13-10-22-33(38)36-29-41-37(28-39(36)49)34-23-11-14-26-40(34)50-41/h1-29H. The molecule has 4 nitrogen and oxygen atoms in total. The van der Waals surface area contributed by atoms with Crippen molar-refractivity contribution in [3.63, 3.8) is 0 Å². The Labute approximate surface area is 294 Å². The molecule has 0 radical (unpaired) electrons. The van der Waals surface area contributed by atoms with Gasteiger partial charge in [0.25, 0.3) is 0 Å². The number of nitrogens with zero attached hydrogens (tertiary/aromatic N) is 3. The van der Waals surface area contributed by atoms with Gasteiger partial charge in [0.1, 0.15) is 11.2 Å². The van der Waals surface area contributed by atoms with Crippen molar-refractivity contribution in [2.75, 3.05) is 0 Å². The highest BCUT2D eigenvalue weighted by Crippen LogP contribution is 2.39. The molecule has 0 aliphatic carbocycles. The first-order valence-electron chi connectivity index (χ1n) is 17.3. The van der Waals surface area contributed by atoms with Crippen LogP contribution in [0.5, 0.6) is 0 Å². The van der Waals surface area contributed by atoms with Crippen LogP contribution in [0.3, 0.4) is 0 Å². The zero-order valence-corrected chi connectivity index (χ0v) is 28.5. The zero-order valence-electron chi connectivity index (χ0n) is 27.5. The molecule has 0 saturated heterocycles.